The Hall–Kier alpha value is -0.870. The second-order valence-corrected chi connectivity index (χ2v) is 6.51. The van der Waals surface area contributed by atoms with Gasteiger partial charge in [0.25, 0.3) is 0 Å². The summed E-state index contributed by atoms with van der Waals surface area (Å²) in [6, 6.07) is 2.81. The van der Waals surface area contributed by atoms with Gasteiger partial charge in [-0.05, 0) is 38.2 Å². The number of methoxy groups -OCH3 is 1. The molecule has 1 aromatic heterocycles. The molecule has 2 N–H and O–H groups in total. The predicted octanol–water partition coefficient (Wildman–Crippen LogP) is 2.83. The topological polar surface area (TPSA) is 53.1 Å². The summed E-state index contributed by atoms with van der Waals surface area (Å²) in [5, 5.41) is 4.76. The average molecular weight is 277 g/mol. The third kappa shape index (κ3) is 2.63. The molecule has 4 heteroatoms. The van der Waals surface area contributed by atoms with Crippen LogP contribution in [0, 0.1) is 0 Å². The predicted molar refractivity (Wildman–Crippen MR) is 79.6 cm³/mol. The Morgan fingerprint density at radius 1 is 1.35 bits per heavy atom. The van der Waals surface area contributed by atoms with Gasteiger partial charge in [0.15, 0.2) is 0 Å². The maximum absolute atomic E-state index is 6.37. The molecule has 1 heterocycles. The van der Waals surface area contributed by atoms with E-state index in [4.69, 9.17) is 15.6 Å². The number of hydrogen-bond donors (Lipinski definition) is 1. The van der Waals surface area contributed by atoms with Crippen LogP contribution in [0.15, 0.2) is 12.3 Å². The Morgan fingerprint density at radius 2 is 2.10 bits per heavy atom. The van der Waals surface area contributed by atoms with Gasteiger partial charge in [0.05, 0.1) is 17.3 Å². The molecule has 20 heavy (non-hydrogen) atoms. The first kappa shape index (κ1) is 14.1. The van der Waals surface area contributed by atoms with E-state index in [9.17, 15) is 0 Å². The average Bonchev–Trinajstić information content (AvgIpc) is 2.88. The minimum Gasteiger partial charge on any atom is -0.377 e. The van der Waals surface area contributed by atoms with Crippen molar-refractivity contribution in [1.82, 2.24) is 9.78 Å². The monoisotopic (exact) mass is 277 g/mol. The molecule has 2 saturated carbocycles. The highest BCUT2D eigenvalue weighted by atomic mass is 16.5. The molecule has 0 saturated heterocycles. The molecule has 3 rings (SSSR count). The highest BCUT2D eigenvalue weighted by molar-refractivity contribution is 5.08. The van der Waals surface area contributed by atoms with Gasteiger partial charge in [-0.25, -0.2) is 0 Å². The molecule has 2 aliphatic rings. The summed E-state index contributed by atoms with van der Waals surface area (Å²) in [5.74, 6) is 0. The third-order valence-electron chi connectivity index (χ3n) is 5.32. The SMILES string of the molecule is COC1(C(N)Cc2ccn(C3CCCCC3)n2)CCC1. The van der Waals surface area contributed by atoms with Crippen molar-refractivity contribution >= 4 is 0 Å². The summed E-state index contributed by atoms with van der Waals surface area (Å²) < 4.78 is 7.84. The van der Waals surface area contributed by atoms with E-state index in [0.717, 1.165) is 25.0 Å². The zero-order valence-electron chi connectivity index (χ0n) is 12.6. The van der Waals surface area contributed by atoms with Crippen molar-refractivity contribution in [3.8, 4) is 0 Å². The Labute approximate surface area is 121 Å². The fraction of sp³-hybridized carbons (Fsp3) is 0.812. The molecule has 1 aromatic rings. The smallest absolute Gasteiger partial charge is 0.0832 e. The molecule has 2 fully saturated rings. The van der Waals surface area contributed by atoms with Gasteiger partial charge in [-0.2, -0.15) is 5.10 Å². The molecule has 4 nitrogen and oxygen atoms in total. The molecule has 0 spiro atoms. The van der Waals surface area contributed by atoms with E-state index in [1.807, 2.05) is 0 Å². The molecular weight excluding hydrogens is 250 g/mol. The van der Waals surface area contributed by atoms with Crippen LogP contribution < -0.4 is 5.73 Å². The van der Waals surface area contributed by atoms with E-state index < -0.39 is 0 Å². The largest absolute Gasteiger partial charge is 0.377 e. The fourth-order valence-corrected chi connectivity index (χ4v) is 3.70. The fourth-order valence-electron chi connectivity index (χ4n) is 3.70. The first-order valence-electron chi connectivity index (χ1n) is 8.08. The Kier molecular flexibility index (Phi) is 4.13. The molecule has 1 atom stereocenters. The summed E-state index contributed by atoms with van der Waals surface area (Å²) in [6.07, 6.45) is 13.0. The van der Waals surface area contributed by atoms with Crippen molar-refractivity contribution in [3.05, 3.63) is 18.0 Å². The third-order valence-corrected chi connectivity index (χ3v) is 5.32. The van der Waals surface area contributed by atoms with Crippen LogP contribution in [0.2, 0.25) is 0 Å². The molecular formula is C16H27N3O. The molecule has 0 bridgehead atoms. The maximum atomic E-state index is 6.37. The number of ether oxygens (including phenoxy) is 1. The van der Waals surface area contributed by atoms with Gasteiger partial charge in [0, 0.05) is 25.8 Å². The van der Waals surface area contributed by atoms with E-state index in [0.29, 0.717) is 6.04 Å². The van der Waals surface area contributed by atoms with Crippen molar-refractivity contribution < 1.29 is 4.74 Å². The number of rotatable bonds is 5. The van der Waals surface area contributed by atoms with E-state index in [2.05, 4.69) is 16.9 Å². The van der Waals surface area contributed by atoms with Gasteiger partial charge < -0.3 is 10.5 Å². The minimum atomic E-state index is -0.0887. The van der Waals surface area contributed by atoms with Gasteiger partial charge in [-0.1, -0.05) is 19.3 Å². The van der Waals surface area contributed by atoms with E-state index in [-0.39, 0.29) is 11.6 Å². The van der Waals surface area contributed by atoms with Gasteiger partial charge in [-0.3, -0.25) is 4.68 Å². The molecule has 0 aromatic carbocycles. The number of aromatic nitrogens is 2. The van der Waals surface area contributed by atoms with Crippen molar-refractivity contribution in [2.24, 2.45) is 5.73 Å². The van der Waals surface area contributed by atoms with Gasteiger partial charge in [-0.15, -0.1) is 0 Å². The second kappa shape index (κ2) is 5.86. The molecule has 2 aliphatic carbocycles. The minimum absolute atomic E-state index is 0.0657. The zero-order chi connectivity index (χ0) is 14.0. The highest BCUT2D eigenvalue weighted by Gasteiger charge is 2.42. The quantitative estimate of drug-likeness (QED) is 0.900. The van der Waals surface area contributed by atoms with Crippen LogP contribution in [-0.4, -0.2) is 28.5 Å². The summed E-state index contributed by atoms with van der Waals surface area (Å²) in [7, 11) is 1.79. The van der Waals surface area contributed by atoms with Crippen LogP contribution in [0.5, 0.6) is 0 Å². The number of nitrogens with two attached hydrogens (primary N) is 1. The lowest BCUT2D eigenvalue weighted by atomic mass is 9.73. The highest BCUT2D eigenvalue weighted by Crippen LogP contribution is 2.38. The molecule has 1 unspecified atom stereocenters. The van der Waals surface area contributed by atoms with Crippen LogP contribution in [0.25, 0.3) is 0 Å². The lowest BCUT2D eigenvalue weighted by Crippen LogP contribution is -2.55. The van der Waals surface area contributed by atoms with Crippen molar-refractivity contribution in [1.29, 1.82) is 0 Å². The summed E-state index contributed by atoms with van der Waals surface area (Å²) >= 11 is 0. The standard InChI is InChI=1S/C16H27N3O/c1-20-16(9-5-10-16)15(17)12-13-8-11-19(18-13)14-6-3-2-4-7-14/h8,11,14-15H,2-7,9-10,12,17H2,1H3. The van der Waals surface area contributed by atoms with Crippen LogP contribution in [0.3, 0.4) is 0 Å². The van der Waals surface area contributed by atoms with E-state index >= 15 is 0 Å². The summed E-state index contributed by atoms with van der Waals surface area (Å²) in [4.78, 5) is 0. The zero-order valence-corrected chi connectivity index (χ0v) is 12.6. The Bertz CT molecular complexity index is 427. The van der Waals surface area contributed by atoms with Crippen molar-refractivity contribution in [3.63, 3.8) is 0 Å². The van der Waals surface area contributed by atoms with Crippen molar-refractivity contribution in [2.75, 3.05) is 7.11 Å². The Balaban J connectivity index is 1.62. The summed E-state index contributed by atoms with van der Waals surface area (Å²) in [5.41, 5.74) is 7.40. The van der Waals surface area contributed by atoms with Gasteiger partial charge in [0.2, 0.25) is 0 Å². The lowest BCUT2D eigenvalue weighted by Gasteiger charge is -2.44. The lowest BCUT2D eigenvalue weighted by molar-refractivity contribution is -0.0898. The van der Waals surface area contributed by atoms with E-state index in [1.165, 1.54) is 38.5 Å². The van der Waals surface area contributed by atoms with Gasteiger partial charge >= 0.3 is 0 Å². The van der Waals surface area contributed by atoms with Crippen molar-refractivity contribution in [2.45, 2.75) is 75.5 Å². The molecule has 112 valence electrons. The normalized spacial score (nSPS) is 24.3. The molecule has 0 radical (unpaired) electrons. The second-order valence-electron chi connectivity index (χ2n) is 6.51. The number of hydrogen-bond acceptors (Lipinski definition) is 3. The Morgan fingerprint density at radius 3 is 2.70 bits per heavy atom. The van der Waals surface area contributed by atoms with Crippen LogP contribution in [0.4, 0.5) is 0 Å². The van der Waals surface area contributed by atoms with Crippen LogP contribution in [0.1, 0.15) is 63.1 Å². The summed E-state index contributed by atoms with van der Waals surface area (Å²) in [6.45, 7) is 0. The first-order chi connectivity index (χ1) is 9.73. The van der Waals surface area contributed by atoms with Crippen LogP contribution in [-0.2, 0) is 11.2 Å². The molecule has 0 aliphatic heterocycles. The molecule has 0 amide bonds. The van der Waals surface area contributed by atoms with Crippen LogP contribution >= 0.6 is 0 Å². The van der Waals surface area contributed by atoms with E-state index in [1.54, 1.807) is 7.11 Å². The maximum Gasteiger partial charge on any atom is 0.0832 e. The first-order valence-corrected chi connectivity index (χ1v) is 8.08. The van der Waals surface area contributed by atoms with Gasteiger partial charge in [0.1, 0.15) is 0 Å². The number of nitrogens with zero attached hydrogens (tertiary/aromatic N) is 2.